The summed E-state index contributed by atoms with van der Waals surface area (Å²) in [6.07, 6.45) is 0.833. The Kier molecular flexibility index (Phi) is 5.23. The second-order valence-corrected chi connectivity index (χ2v) is 4.94. The maximum Gasteiger partial charge on any atom is 0.332 e. The van der Waals surface area contributed by atoms with Crippen molar-refractivity contribution in [3.63, 3.8) is 0 Å². The fraction of sp³-hybridized carbons (Fsp3) is 0.500. The fourth-order valence-corrected chi connectivity index (χ4v) is 2.38. The molecule has 110 valence electrons. The lowest BCUT2D eigenvalue weighted by Gasteiger charge is -2.16. The monoisotopic (exact) mass is 299 g/mol. The minimum absolute atomic E-state index is 0.106. The highest BCUT2D eigenvalue weighted by atomic mass is 35.5. The third-order valence-corrected chi connectivity index (χ3v) is 3.22. The van der Waals surface area contributed by atoms with Gasteiger partial charge in [0.2, 0.25) is 0 Å². The van der Waals surface area contributed by atoms with Crippen LogP contribution in [0.5, 0.6) is 5.75 Å². The summed E-state index contributed by atoms with van der Waals surface area (Å²) in [4.78, 5) is 11.2. The molecule has 1 heterocycles. The Morgan fingerprint density at radius 2 is 2.35 bits per heavy atom. The van der Waals surface area contributed by atoms with Gasteiger partial charge in [-0.25, -0.2) is 4.79 Å². The van der Waals surface area contributed by atoms with Crippen LogP contribution in [0.2, 0.25) is 5.02 Å². The number of benzene rings is 1. The van der Waals surface area contributed by atoms with Crippen LogP contribution in [0.15, 0.2) is 12.1 Å². The Morgan fingerprint density at radius 1 is 1.55 bits per heavy atom. The molecule has 0 bridgehead atoms. The van der Waals surface area contributed by atoms with Crippen molar-refractivity contribution in [2.45, 2.75) is 19.4 Å². The number of nitrogens with two attached hydrogens (primary N) is 1. The van der Waals surface area contributed by atoms with E-state index < -0.39 is 12.0 Å². The first kappa shape index (κ1) is 15.1. The summed E-state index contributed by atoms with van der Waals surface area (Å²) in [6.45, 7) is 2.82. The Morgan fingerprint density at radius 3 is 3.10 bits per heavy atom. The van der Waals surface area contributed by atoms with Crippen LogP contribution in [-0.4, -0.2) is 32.4 Å². The summed E-state index contributed by atoms with van der Waals surface area (Å²) in [5, 5.41) is 0.630. The van der Waals surface area contributed by atoms with Gasteiger partial charge in [-0.05, 0) is 24.6 Å². The first-order valence-corrected chi connectivity index (χ1v) is 6.93. The molecule has 1 aromatic carbocycles. The average Bonchev–Trinajstić information content (AvgIpc) is 2.85. The molecule has 1 aliphatic rings. The maximum atomic E-state index is 11.2. The summed E-state index contributed by atoms with van der Waals surface area (Å²) in [5.74, 6) is 0.397. The molecule has 0 fully saturated rings. The molecule has 1 aromatic rings. The minimum atomic E-state index is -0.396. The molecule has 0 radical (unpaired) electrons. The highest BCUT2D eigenvalue weighted by Crippen LogP contribution is 2.35. The predicted molar refractivity (Wildman–Crippen MR) is 75.0 cm³/mol. The molecule has 0 saturated carbocycles. The largest absolute Gasteiger partial charge is 0.493 e. The molecule has 6 heteroatoms. The van der Waals surface area contributed by atoms with Crippen LogP contribution >= 0.6 is 11.6 Å². The van der Waals surface area contributed by atoms with E-state index in [1.165, 1.54) is 0 Å². The zero-order chi connectivity index (χ0) is 14.5. The molecule has 5 nitrogen and oxygen atoms in total. The summed E-state index contributed by atoms with van der Waals surface area (Å²) in [5.41, 5.74) is 7.96. The summed E-state index contributed by atoms with van der Waals surface area (Å²) in [7, 11) is 0. The molecule has 1 atom stereocenters. The van der Waals surface area contributed by atoms with Gasteiger partial charge in [0.05, 0.1) is 25.9 Å². The number of carbonyl (C=O) groups is 1. The van der Waals surface area contributed by atoms with E-state index in [1.54, 1.807) is 13.0 Å². The van der Waals surface area contributed by atoms with Crippen LogP contribution < -0.4 is 10.5 Å². The fourth-order valence-electron chi connectivity index (χ4n) is 2.14. The van der Waals surface area contributed by atoms with Gasteiger partial charge in [-0.3, -0.25) is 0 Å². The van der Waals surface area contributed by atoms with E-state index in [1.807, 2.05) is 6.07 Å². The Hall–Kier alpha value is -1.30. The van der Waals surface area contributed by atoms with Crippen molar-refractivity contribution in [1.29, 1.82) is 0 Å². The number of rotatable bonds is 6. The third kappa shape index (κ3) is 3.62. The highest BCUT2D eigenvalue weighted by molar-refractivity contribution is 6.30. The van der Waals surface area contributed by atoms with Gasteiger partial charge in [0.15, 0.2) is 0 Å². The van der Waals surface area contributed by atoms with E-state index in [-0.39, 0.29) is 13.2 Å². The van der Waals surface area contributed by atoms with Gasteiger partial charge in [0.25, 0.3) is 0 Å². The average molecular weight is 300 g/mol. The lowest BCUT2D eigenvalue weighted by Crippen LogP contribution is -2.21. The first-order valence-electron chi connectivity index (χ1n) is 6.56. The molecule has 1 unspecified atom stereocenters. The van der Waals surface area contributed by atoms with Crippen molar-refractivity contribution in [1.82, 2.24) is 0 Å². The van der Waals surface area contributed by atoms with Crippen molar-refractivity contribution in [3.8, 4) is 5.75 Å². The van der Waals surface area contributed by atoms with E-state index in [0.717, 1.165) is 23.3 Å². The molecule has 0 saturated heterocycles. The van der Waals surface area contributed by atoms with E-state index in [2.05, 4.69) is 0 Å². The third-order valence-electron chi connectivity index (χ3n) is 3.00. The zero-order valence-electron chi connectivity index (χ0n) is 11.4. The van der Waals surface area contributed by atoms with Crippen LogP contribution in [0.1, 0.15) is 24.1 Å². The number of hydrogen-bond acceptors (Lipinski definition) is 5. The Bertz CT molecular complexity index is 492. The molecule has 20 heavy (non-hydrogen) atoms. The van der Waals surface area contributed by atoms with Gasteiger partial charge >= 0.3 is 5.97 Å². The van der Waals surface area contributed by atoms with E-state index in [0.29, 0.717) is 18.2 Å². The van der Waals surface area contributed by atoms with Gasteiger partial charge in [-0.2, -0.15) is 0 Å². The lowest BCUT2D eigenvalue weighted by molar-refractivity contribution is -0.148. The minimum Gasteiger partial charge on any atom is -0.493 e. The molecular weight excluding hydrogens is 282 g/mol. The van der Waals surface area contributed by atoms with Gasteiger partial charge in [0.1, 0.15) is 12.4 Å². The van der Waals surface area contributed by atoms with Crippen LogP contribution in [0.3, 0.4) is 0 Å². The number of esters is 1. The number of ether oxygens (including phenoxy) is 3. The first-order chi connectivity index (χ1) is 9.61. The normalized spacial score (nSPS) is 14.6. The van der Waals surface area contributed by atoms with Crippen LogP contribution in [-0.2, 0) is 20.7 Å². The van der Waals surface area contributed by atoms with Crippen molar-refractivity contribution in [2.75, 3.05) is 26.4 Å². The zero-order valence-corrected chi connectivity index (χ0v) is 12.1. The molecule has 2 rings (SSSR count). The molecule has 0 amide bonds. The van der Waals surface area contributed by atoms with Crippen LogP contribution in [0, 0.1) is 0 Å². The summed E-state index contributed by atoms with van der Waals surface area (Å²) >= 11 is 6.07. The van der Waals surface area contributed by atoms with Crippen molar-refractivity contribution >= 4 is 17.6 Å². The van der Waals surface area contributed by atoms with Crippen molar-refractivity contribution < 1.29 is 19.0 Å². The summed E-state index contributed by atoms with van der Waals surface area (Å²) < 4.78 is 15.6. The van der Waals surface area contributed by atoms with E-state index >= 15 is 0 Å². The van der Waals surface area contributed by atoms with E-state index in [9.17, 15) is 4.79 Å². The lowest BCUT2D eigenvalue weighted by atomic mass is 10.0. The van der Waals surface area contributed by atoms with E-state index in [4.69, 9.17) is 31.5 Å². The van der Waals surface area contributed by atoms with Gasteiger partial charge in [-0.15, -0.1) is 0 Å². The molecule has 0 aromatic heterocycles. The van der Waals surface area contributed by atoms with Gasteiger partial charge in [0, 0.05) is 17.0 Å². The Balaban J connectivity index is 1.96. The SMILES string of the molecule is CCOC(=O)COCC(N)c1cc(Cl)cc2c1OCC2. The number of hydrogen-bond donors (Lipinski definition) is 1. The second-order valence-electron chi connectivity index (χ2n) is 4.51. The smallest absolute Gasteiger partial charge is 0.332 e. The topological polar surface area (TPSA) is 70.8 Å². The quantitative estimate of drug-likeness (QED) is 0.812. The van der Waals surface area contributed by atoms with Crippen molar-refractivity contribution in [3.05, 3.63) is 28.3 Å². The van der Waals surface area contributed by atoms with Crippen LogP contribution in [0.4, 0.5) is 0 Å². The second kappa shape index (κ2) is 6.92. The Labute approximate surface area is 122 Å². The maximum absolute atomic E-state index is 11.2. The molecule has 0 spiro atoms. The summed E-state index contributed by atoms with van der Waals surface area (Å²) in [6, 6.07) is 3.28. The number of carbonyl (C=O) groups excluding carboxylic acids is 1. The van der Waals surface area contributed by atoms with Crippen molar-refractivity contribution in [2.24, 2.45) is 5.73 Å². The van der Waals surface area contributed by atoms with Crippen LogP contribution in [0.25, 0.3) is 0 Å². The molecule has 1 aliphatic heterocycles. The highest BCUT2D eigenvalue weighted by Gasteiger charge is 2.21. The standard InChI is InChI=1S/C14H18ClNO4/c1-2-19-13(17)8-18-7-12(16)11-6-10(15)5-9-3-4-20-14(9)11/h5-6,12H,2-4,7-8,16H2,1H3. The van der Waals surface area contributed by atoms with Gasteiger partial charge < -0.3 is 19.9 Å². The van der Waals surface area contributed by atoms with Gasteiger partial charge in [-0.1, -0.05) is 11.6 Å². The molecule has 2 N–H and O–H groups in total. The molecule has 0 aliphatic carbocycles. The molecular formula is C14H18ClNO4. The number of halogens is 1. The predicted octanol–water partition coefficient (Wildman–Crippen LogP) is 1.85. The number of fused-ring (bicyclic) bond motifs is 1.